The Kier molecular flexibility index (Phi) is 5.67. The number of nitrogens with two attached hydrogens (primary N) is 1. The highest BCUT2D eigenvalue weighted by Crippen LogP contribution is 2.19. The predicted molar refractivity (Wildman–Crippen MR) is 64.5 cm³/mol. The maximum atomic E-state index is 5.65. The molecule has 0 aromatic rings. The summed E-state index contributed by atoms with van der Waals surface area (Å²) in [7, 11) is 0. The van der Waals surface area contributed by atoms with Crippen molar-refractivity contribution in [1.82, 2.24) is 5.43 Å². The summed E-state index contributed by atoms with van der Waals surface area (Å²) in [5, 5.41) is 0. The van der Waals surface area contributed by atoms with Gasteiger partial charge in [0.1, 0.15) is 0 Å². The normalized spacial score (nSPS) is 31.6. The lowest BCUT2D eigenvalue weighted by Gasteiger charge is -2.30. The van der Waals surface area contributed by atoms with E-state index in [2.05, 4.69) is 5.43 Å². The number of rotatable bonds is 6. The molecule has 2 aliphatic rings. The fourth-order valence-electron chi connectivity index (χ4n) is 2.55. The van der Waals surface area contributed by atoms with Gasteiger partial charge in [-0.25, -0.2) is 0 Å². The van der Waals surface area contributed by atoms with Crippen LogP contribution in [0.15, 0.2) is 0 Å². The van der Waals surface area contributed by atoms with Crippen LogP contribution >= 0.6 is 0 Å². The van der Waals surface area contributed by atoms with E-state index in [4.69, 9.17) is 20.1 Å². The summed E-state index contributed by atoms with van der Waals surface area (Å²) >= 11 is 0. The SMILES string of the molecule is NNC(CCCC1CCCO1)C1COCCO1. The lowest BCUT2D eigenvalue weighted by atomic mass is 10.0. The number of ether oxygens (including phenoxy) is 3. The summed E-state index contributed by atoms with van der Waals surface area (Å²) in [6.07, 6.45) is 6.26. The zero-order valence-corrected chi connectivity index (χ0v) is 10.4. The molecule has 0 aromatic carbocycles. The van der Waals surface area contributed by atoms with Crippen LogP contribution in [0.1, 0.15) is 32.1 Å². The van der Waals surface area contributed by atoms with E-state index in [0.717, 1.165) is 25.9 Å². The molecule has 2 rings (SSSR count). The summed E-state index contributed by atoms with van der Waals surface area (Å²) in [5.41, 5.74) is 2.85. The molecule has 5 nitrogen and oxygen atoms in total. The van der Waals surface area contributed by atoms with Crippen LogP contribution in [0.2, 0.25) is 0 Å². The molecule has 2 aliphatic heterocycles. The molecule has 3 unspecified atom stereocenters. The minimum Gasteiger partial charge on any atom is -0.378 e. The van der Waals surface area contributed by atoms with Crippen molar-refractivity contribution < 1.29 is 14.2 Å². The molecule has 17 heavy (non-hydrogen) atoms. The van der Waals surface area contributed by atoms with Crippen LogP contribution in [0, 0.1) is 0 Å². The van der Waals surface area contributed by atoms with Gasteiger partial charge in [-0.15, -0.1) is 0 Å². The second-order valence-electron chi connectivity index (χ2n) is 4.82. The molecular formula is C12H24N2O3. The van der Waals surface area contributed by atoms with Gasteiger partial charge in [0.25, 0.3) is 0 Å². The van der Waals surface area contributed by atoms with E-state index in [9.17, 15) is 0 Å². The number of nitrogens with one attached hydrogen (secondary N) is 1. The van der Waals surface area contributed by atoms with E-state index in [1.165, 1.54) is 12.8 Å². The predicted octanol–water partition coefficient (Wildman–Crippen LogP) is 0.583. The number of hydrazine groups is 1. The maximum Gasteiger partial charge on any atom is 0.0975 e. The third-order valence-electron chi connectivity index (χ3n) is 3.57. The first-order valence-electron chi connectivity index (χ1n) is 6.67. The van der Waals surface area contributed by atoms with E-state index in [-0.39, 0.29) is 12.1 Å². The summed E-state index contributed by atoms with van der Waals surface area (Å²) in [5.74, 6) is 5.58. The van der Waals surface area contributed by atoms with E-state index in [1.54, 1.807) is 0 Å². The molecule has 2 heterocycles. The Morgan fingerprint density at radius 2 is 2.18 bits per heavy atom. The van der Waals surface area contributed by atoms with Crippen LogP contribution in [0.3, 0.4) is 0 Å². The summed E-state index contributed by atoms with van der Waals surface area (Å²) < 4.78 is 16.7. The highest BCUT2D eigenvalue weighted by Gasteiger charge is 2.24. The Labute approximate surface area is 103 Å². The van der Waals surface area contributed by atoms with E-state index < -0.39 is 0 Å². The minimum atomic E-state index is 0.0956. The van der Waals surface area contributed by atoms with Gasteiger partial charge in [-0.1, -0.05) is 0 Å². The van der Waals surface area contributed by atoms with E-state index >= 15 is 0 Å². The minimum absolute atomic E-state index is 0.0956. The van der Waals surface area contributed by atoms with Crippen LogP contribution in [-0.2, 0) is 14.2 Å². The van der Waals surface area contributed by atoms with Gasteiger partial charge in [0.15, 0.2) is 0 Å². The summed E-state index contributed by atoms with van der Waals surface area (Å²) in [4.78, 5) is 0. The number of hydrogen-bond acceptors (Lipinski definition) is 5. The zero-order chi connectivity index (χ0) is 11.9. The third kappa shape index (κ3) is 4.19. The van der Waals surface area contributed by atoms with Crippen LogP contribution in [0.4, 0.5) is 0 Å². The quantitative estimate of drug-likeness (QED) is 0.528. The molecule has 100 valence electrons. The first kappa shape index (κ1) is 13.2. The molecule has 0 saturated carbocycles. The van der Waals surface area contributed by atoms with Crippen molar-refractivity contribution in [2.45, 2.75) is 50.4 Å². The molecule has 2 saturated heterocycles. The average Bonchev–Trinajstić information content (AvgIpc) is 2.89. The first-order valence-corrected chi connectivity index (χ1v) is 6.67. The number of hydrogen-bond donors (Lipinski definition) is 2. The van der Waals surface area contributed by atoms with Gasteiger partial charge < -0.3 is 14.2 Å². The topological polar surface area (TPSA) is 65.7 Å². The Hall–Kier alpha value is -0.200. The lowest BCUT2D eigenvalue weighted by Crippen LogP contribution is -2.49. The summed E-state index contributed by atoms with van der Waals surface area (Å²) in [6, 6.07) is 0.191. The summed E-state index contributed by atoms with van der Waals surface area (Å²) in [6.45, 7) is 2.95. The molecule has 0 amide bonds. The first-order chi connectivity index (χ1) is 8.40. The third-order valence-corrected chi connectivity index (χ3v) is 3.57. The van der Waals surface area contributed by atoms with Gasteiger partial charge in [0.05, 0.1) is 32.0 Å². The van der Waals surface area contributed by atoms with Gasteiger partial charge in [0, 0.05) is 12.6 Å². The molecule has 2 fully saturated rings. The standard InChI is InChI=1S/C12H24N2O3/c13-14-11(12-9-15-7-8-17-12)5-1-3-10-4-2-6-16-10/h10-12,14H,1-9,13H2. The molecular weight excluding hydrogens is 220 g/mol. The van der Waals surface area contributed by atoms with Crippen molar-refractivity contribution in [1.29, 1.82) is 0 Å². The van der Waals surface area contributed by atoms with Gasteiger partial charge in [-0.3, -0.25) is 11.3 Å². The largest absolute Gasteiger partial charge is 0.378 e. The van der Waals surface area contributed by atoms with Gasteiger partial charge >= 0.3 is 0 Å². The van der Waals surface area contributed by atoms with Gasteiger partial charge in [-0.2, -0.15) is 0 Å². The molecule has 0 radical (unpaired) electrons. The van der Waals surface area contributed by atoms with Crippen LogP contribution in [-0.4, -0.2) is 44.7 Å². The molecule has 0 aliphatic carbocycles. The Morgan fingerprint density at radius 3 is 2.82 bits per heavy atom. The fraction of sp³-hybridized carbons (Fsp3) is 1.00. The molecule has 5 heteroatoms. The van der Waals surface area contributed by atoms with Crippen molar-refractivity contribution in [2.75, 3.05) is 26.4 Å². The van der Waals surface area contributed by atoms with Gasteiger partial charge in [-0.05, 0) is 32.1 Å². The van der Waals surface area contributed by atoms with Crippen molar-refractivity contribution in [2.24, 2.45) is 5.84 Å². The van der Waals surface area contributed by atoms with Crippen molar-refractivity contribution >= 4 is 0 Å². The molecule has 3 atom stereocenters. The van der Waals surface area contributed by atoms with Crippen LogP contribution < -0.4 is 11.3 Å². The van der Waals surface area contributed by atoms with E-state index in [0.29, 0.717) is 25.9 Å². The Bertz CT molecular complexity index is 204. The van der Waals surface area contributed by atoms with Crippen molar-refractivity contribution in [3.63, 3.8) is 0 Å². The maximum absolute atomic E-state index is 5.65. The second kappa shape index (κ2) is 7.28. The monoisotopic (exact) mass is 244 g/mol. The van der Waals surface area contributed by atoms with Crippen molar-refractivity contribution in [3.05, 3.63) is 0 Å². The molecule has 0 spiro atoms. The van der Waals surface area contributed by atoms with E-state index in [1.807, 2.05) is 0 Å². The fourth-order valence-corrected chi connectivity index (χ4v) is 2.55. The van der Waals surface area contributed by atoms with Crippen LogP contribution in [0.5, 0.6) is 0 Å². The molecule has 0 aromatic heterocycles. The Balaban J connectivity index is 1.63. The highest BCUT2D eigenvalue weighted by molar-refractivity contribution is 4.77. The average molecular weight is 244 g/mol. The lowest BCUT2D eigenvalue weighted by molar-refractivity contribution is -0.103. The zero-order valence-electron chi connectivity index (χ0n) is 10.4. The molecule has 0 bridgehead atoms. The highest BCUT2D eigenvalue weighted by atomic mass is 16.6. The smallest absolute Gasteiger partial charge is 0.0975 e. The Morgan fingerprint density at radius 1 is 1.24 bits per heavy atom. The second-order valence-corrected chi connectivity index (χ2v) is 4.82. The van der Waals surface area contributed by atoms with Crippen molar-refractivity contribution in [3.8, 4) is 0 Å². The molecule has 3 N–H and O–H groups in total. The van der Waals surface area contributed by atoms with Gasteiger partial charge in [0.2, 0.25) is 0 Å². The van der Waals surface area contributed by atoms with Crippen LogP contribution in [0.25, 0.3) is 0 Å².